The van der Waals surface area contributed by atoms with Crippen LogP contribution < -0.4 is 0 Å². The summed E-state index contributed by atoms with van der Waals surface area (Å²) in [4.78, 5) is 22.8. The van der Waals surface area contributed by atoms with Crippen LogP contribution >= 0.6 is 23.5 Å². The molecule has 1 aliphatic heterocycles. The molecule has 1 unspecified atom stereocenters. The predicted octanol–water partition coefficient (Wildman–Crippen LogP) is 4.21. The fourth-order valence-corrected chi connectivity index (χ4v) is 4.80. The zero-order chi connectivity index (χ0) is 16.2. The van der Waals surface area contributed by atoms with E-state index in [0.717, 1.165) is 5.56 Å². The number of carbonyl (C=O) groups excluding carboxylic acids is 1. The number of nitro benzene ring substituents is 1. The largest absolute Gasteiger partial charge is 0.462 e. The molecule has 5 nitrogen and oxygen atoms in total. The Balaban J connectivity index is 2.26. The van der Waals surface area contributed by atoms with Gasteiger partial charge in [-0.3, -0.25) is 10.1 Å². The van der Waals surface area contributed by atoms with Crippen LogP contribution in [-0.2, 0) is 13.6 Å². The van der Waals surface area contributed by atoms with Crippen molar-refractivity contribution < 1.29 is 14.5 Å². The molecular weight excluding hydrogens is 322 g/mol. The van der Waals surface area contributed by atoms with E-state index in [0.29, 0.717) is 17.9 Å². The summed E-state index contributed by atoms with van der Waals surface area (Å²) in [7, 11) is 0. The summed E-state index contributed by atoms with van der Waals surface area (Å²) in [6.07, 6.45) is 2.41. The third-order valence-corrected chi connectivity index (χ3v) is 6.10. The Morgan fingerprint density at radius 3 is 2.68 bits per heavy atom. The van der Waals surface area contributed by atoms with E-state index in [-0.39, 0.29) is 11.7 Å². The number of hydrogen-bond donors (Lipinski definition) is 0. The van der Waals surface area contributed by atoms with Gasteiger partial charge in [-0.05, 0) is 36.4 Å². The van der Waals surface area contributed by atoms with E-state index in [4.69, 9.17) is 4.74 Å². The van der Waals surface area contributed by atoms with Crippen LogP contribution in [0.25, 0.3) is 0 Å². The third kappa shape index (κ3) is 3.36. The van der Waals surface area contributed by atoms with Gasteiger partial charge < -0.3 is 4.74 Å². The molecular formula is C15H15NO4S2. The number of thioether (sulfide) groups is 2. The summed E-state index contributed by atoms with van der Waals surface area (Å²) < 4.78 is 4.60. The Kier molecular flexibility index (Phi) is 5.31. The number of nitrogens with zero attached hydrogens (tertiary/aromatic N) is 1. The van der Waals surface area contributed by atoms with Gasteiger partial charge in [-0.2, -0.15) is 0 Å². The van der Waals surface area contributed by atoms with Crippen molar-refractivity contribution in [2.24, 2.45) is 0 Å². The maximum atomic E-state index is 11.9. The quantitative estimate of drug-likeness (QED) is 0.335. The number of nitro groups is 1. The topological polar surface area (TPSA) is 69.4 Å². The average molecular weight is 337 g/mol. The van der Waals surface area contributed by atoms with E-state index in [9.17, 15) is 14.9 Å². The van der Waals surface area contributed by atoms with Crippen LogP contribution in [0.2, 0.25) is 0 Å². The minimum Gasteiger partial charge on any atom is -0.462 e. The van der Waals surface area contributed by atoms with E-state index in [2.05, 4.69) is 6.58 Å². The molecule has 1 aromatic carbocycles. The lowest BCUT2D eigenvalue weighted by atomic mass is 10.1. The number of esters is 1. The number of rotatable bonds is 6. The Bertz CT molecular complexity index is 627. The highest BCUT2D eigenvalue weighted by atomic mass is 32.2. The first-order valence-electron chi connectivity index (χ1n) is 6.62. The van der Waals surface area contributed by atoms with Crippen LogP contribution in [0.3, 0.4) is 0 Å². The first-order chi connectivity index (χ1) is 10.5. The van der Waals surface area contributed by atoms with Gasteiger partial charge in [0, 0.05) is 12.1 Å². The molecule has 0 radical (unpaired) electrons. The number of carbonyl (C=O) groups is 1. The predicted molar refractivity (Wildman–Crippen MR) is 89.5 cm³/mol. The van der Waals surface area contributed by atoms with E-state index in [1.807, 2.05) is 0 Å². The van der Waals surface area contributed by atoms with Crippen molar-refractivity contribution in [3.8, 4) is 0 Å². The van der Waals surface area contributed by atoms with E-state index in [1.165, 1.54) is 35.7 Å². The van der Waals surface area contributed by atoms with Gasteiger partial charge in [-0.15, -0.1) is 18.3 Å². The van der Waals surface area contributed by atoms with Gasteiger partial charge in [0.2, 0.25) is 0 Å². The van der Waals surface area contributed by atoms with Gasteiger partial charge in [0.1, 0.15) is 4.91 Å². The normalized spacial score (nSPS) is 20.3. The van der Waals surface area contributed by atoms with Crippen molar-refractivity contribution in [2.45, 2.75) is 17.4 Å². The second kappa shape index (κ2) is 7.02. The summed E-state index contributed by atoms with van der Waals surface area (Å²) in [5.74, 6) is -0.340. The van der Waals surface area contributed by atoms with Crippen LogP contribution in [0.5, 0.6) is 0 Å². The van der Waals surface area contributed by atoms with Gasteiger partial charge in [-0.1, -0.05) is 17.8 Å². The van der Waals surface area contributed by atoms with Crippen LogP contribution in [0, 0.1) is 10.1 Å². The van der Waals surface area contributed by atoms with Crippen LogP contribution in [0.1, 0.15) is 18.9 Å². The SMILES string of the molecule is C=CCC1(c2ccc([N+](=O)[O-])cc2)SC=C(C(=O)OCC)S1. The first-order valence-corrected chi connectivity index (χ1v) is 8.32. The molecule has 0 saturated carbocycles. The third-order valence-electron chi connectivity index (χ3n) is 3.04. The lowest BCUT2D eigenvalue weighted by Gasteiger charge is -2.26. The second-order valence-corrected chi connectivity index (χ2v) is 7.24. The van der Waals surface area contributed by atoms with Crippen LogP contribution in [-0.4, -0.2) is 17.5 Å². The standard InChI is InChI=1S/C15H15NO4S2/c1-3-9-15(11-5-7-12(8-6-11)16(18)19)21-10-13(22-15)14(17)20-4-2/h3,5-8,10H,1,4,9H2,2H3. The van der Waals surface area contributed by atoms with Crippen LogP contribution in [0.15, 0.2) is 47.2 Å². The number of hydrogen-bond acceptors (Lipinski definition) is 6. The summed E-state index contributed by atoms with van der Waals surface area (Å²) in [5, 5.41) is 12.5. The molecule has 0 amide bonds. The molecule has 0 bridgehead atoms. The lowest BCUT2D eigenvalue weighted by Crippen LogP contribution is -2.15. The minimum atomic E-state index is -0.432. The van der Waals surface area contributed by atoms with E-state index < -0.39 is 9.00 Å². The van der Waals surface area contributed by atoms with Gasteiger partial charge in [0.05, 0.1) is 15.6 Å². The highest BCUT2D eigenvalue weighted by Crippen LogP contribution is 2.58. The highest BCUT2D eigenvalue weighted by molar-refractivity contribution is 8.23. The Morgan fingerprint density at radius 1 is 1.45 bits per heavy atom. The molecule has 1 atom stereocenters. The molecule has 0 fully saturated rings. The molecule has 0 aromatic heterocycles. The highest BCUT2D eigenvalue weighted by Gasteiger charge is 2.40. The number of non-ortho nitro benzene ring substituents is 1. The summed E-state index contributed by atoms with van der Waals surface area (Å²) in [5.41, 5.74) is 0.952. The summed E-state index contributed by atoms with van der Waals surface area (Å²) in [6.45, 7) is 5.86. The minimum absolute atomic E-state index is 0.0454. The zero-order valence-electron chi connectivity index (χ0n) is 12.0. The molecule has 1 aliphatic rings. The number of benzene rings is 1. The fourth-order valence-electron chi connectivity index (χ4n) is 2.03. The van der Waals surface area contributed by atoms with Crippen molar-refractivity contribution in [1.29, 1.82) is 0 Å². The summed E-state index contributed by atoms with van der Waals surface area (Å²) >= 11 is 2.91. The van der Waals surface area contributed by atoms with Crippen molar-refractivity contribution in [1.82, 2.24) is 0 Å². The van der Waals surface area contributed by atoms with Gasteiger partial charge in [0.25, 0.3) is 5.69 Å². The van der Waals surface area contributed by atoms with Crippen molar-refractivity contribution in [3.63, 3.8) is 0 Å². The molecule has 0 N–H and O–H groups in total. The Morgan fingerprint density at radius 2 is 2.14 bits per heavy atom. The first kappa shape index (κ1) is 16.6. The van der Waals surface area contributed by atoms with E-state index in [1.54, 1.807) is 30.5 Å². The molecule has 0 saturated heterocycles. The number of allylic oxidation sites excluding steroid dienone is 1. The molecule has 22 heavy (non-hydrogen) atoms. The van der Waals surface area contributed by atoms with Crippen molar-refractivity contribution in [3.05, 3.63) is 62.9 Å². The maximum Gasteiger partial charge on any atom is 0.345 e. The average Bonchev–Trinajstić information content (AvgIpc) is 2.93. The Labute approximate surface area is 137 Å². The van der Waals surface area contributed by atoms with Crippen molar-refractivity contribution >= 4 is 35.2 Å². The molecule has 116 valence electrons. The molecule has 1 aromatic rings. The van der Waals surface area contributed by atoms with Gasteiger partial charge in [0.15, 0.2) is 0 Å². The fraction of sp³-hybridized carbons (Fsp3) is 0.267. The van der Waals surface area contributed by atoms with Crippen molar-refractivity contribution in [2.75, 3.05) is 6.61 Å². The summed E-state index contributed by atoms with van der Waals surface area (Å²) in [6, 6.07) is 6.40. The van der Waals surface area contributed by atoms with Gasteiger partial charge in [-0.25, -0.2) is 4.79 Å². The lowest BCUT2D eigenvalue weighted by molar-refractivity contribution is -0.384. The molecule has 7 heteroatoms. The second-order valence-electron chi connectivity index (χ2n) is 4.47. The molecule has 0 aliphatic carbocycles. The molecule has 1 heterocycles. The van der Waals surface area contributed by atoms with E-state index >= 15 is 0 Å². The van der Waals surface area contributed by atoms with Gasteiger partial charge >= 0.3 is 5.97 Å². The molecule has 2 rings (SSSR count). The zero-order valence-corrected chi connectivity index (χ0v) is 13.6. The Hall–Kier alpha value is -1.73. The molecule has 0 spiro atoms. The monoisotopic (exact) mass is 337 g/mol. The maximum absolute atomic E-state index is 11.9. The van der Waals surface area contributed by atoms with Crippen LogP contribution in [0.4, 0.5) is 5.69 Å². The smallest absolute Gasteiger partial charge is 0.345 e. The number of ether oxygens (including phenoxy) is 1.